The van der Waals surface area contributed by atoms with Gasteiger partial charge in [0, 0.05) is 11.0 Å². The number of carbonyl (C=O) groups excluding carboxylic acids is 1. The molecule has 14 heavy (non-hydrogen) atoms. The maximum absolute atomic E-state index is 12.4. The Hall–Kier alpha value is -1.33. The summed E-state index contributed by atoms with van der Waals surface area (Å²) in [5, 5.41) is 5.15. The predicted molar refractivity (Wildman–Crippen MR) is 42.7 cm³/mol. The van der Waals surface area contributed by atoms with Gasteiger partial charge in [0.15, 0.2) is 0 Å². The average Bonchev–Trinajstić information content (AvgIpc) is 2.51. The molecule has 0 unspecified atom stereocenters. The number of halogens is 3. The van der Waals surface area contributed by atoms with Crippen molar-refractivity contribution in [1.82, 2.24) is 10.2 Å². The molecule has 1 aromatic rings. The van der Waals surface area contributed by atoms with Crippen molar-refractivity contribution in [2.75, 3.05) is 0 Å². The minimum Gasteiger partial charge on any atom is -0.302 e. The molecule has 0 aliphatic carbocycles. The number of nitrogens with one attached hydrogen (secondary N) is 1. The van der Waals surface area contributed by atoms with E-state index in [2.05, 4.69) is 5.10 Å². The second-order valence-corrected chi connectivity index (χ2v) is 3.50. The summed E-state index contributed by atoms with van der Waals surface area (Å²) in [5.74, 6) is 0. The van der Waals surface area contributed by atoms with Crippen LogP contribution in [0.4, 0.5) is 13.2 Å². The summed E-state index contributed by atoms with van der Waals surface area (Å²) in [6.07, 6.45) is -3.02. The number of rotatable bonds is 2. The van der Waals surface area contributed by atoms with E-state index >= 15 is 0 Å². The molecule has 78 valence electrons. The Balaban J connectivity index is 3.24. The molecule has 0 fully saturated rings. The van der Waals surface area contributed by atoms with Gasteiger partial charge in [0.2, 0.25) is 0 Å². The molecule has 0 amide bonds. The van der Waals surface area contributed by atoms with E-state index in [9.17, 15) is 18.0 Å². The lowest BCUT2D eigenvalue weighted by molar-refractivity contribution is -0.142. The number of hydrogen-bond acceptors (Lipinski definition) is 2. The Morgan fingerprint density at radius 1 is 1.43 bits per heavy atom. The monoisotopic (exact) mass is 206 g/mol. The van der Waals surface area contributed by atoms with Crippen LogP contribution in [0.25, 0.3) is 0 Å². The summed E-state index contributed by atoms with van der Waals surface area (Å²) in [7, 11) is 0. The van der Waals surface area contributed by atoms with Gasteiger partial charge in [-0.1, -0.05) is 0 Å². The van der Waals surface area contributed by atoms with E-state index in [1.54, 1.807) is 0 Å². The number of aromatic nitrogens is 2. The van der Waals surface area contributed by atoms with Crippen LogP contribution in [0.5, 0.6) is 0 Å². The summed E-state index contributed by atoms with van der Waals surface area (Å²) in [6, 6.07) is 0. The van der Waals surface area contributed by atoms with E-state index in [0.29, 0.717) is 6.29 Å². The van der Waals surface area contributed by atoms with Gasteiger partial charge in [-0.05, 0) is 13.8 Å². The number of carbonyl (C=O) groups is 1. The van der Waals surface area contributed by atoms with Crippen LogP contribution in [-0.2, 0) is 16.4 Å². The van der Waals surface area contributed by atoms with Crippen LogP contribution >= 0.6 is 0 Å². The molecule has 0 saturated heterocycles. The van der Waals surface area contributed by atoms with Crippen LogP contribution < -0.4 is 0 Å². The molecule has 6 heteroatoms. The third kappa shape index (κ3) is 1.78. The molecule has 0 spiro atoms. The summed E-state index contributed by atoms with van der Waals surface area (Å²) in [5.41, 5.74) is -2.28. The van der Waals surface area contributed by atoms with Gasteiger partial charge < -0.3 is 4.79 Å². The number of aldehydes is 1. The Morgan fingerprint density at radius 2 is 2.00 bits per heavy atom. The van der Waals surface area contributed by atoms with Gasteiger partial charge in [-0.3, -0.25) is 5.10 Å². The van der Waals surface area contributed by atoms with Crippen molar-refractivity contribution in [3.63, 3.8) is 0 Å². The van der Waals surface area contributed by atoms with Crippen LogP contribution in [0, 0.1) is 0 Å². The lowest BCUT2D eigenvalue weighted by atomic mass is 9.86. The van der Waals surface area contributed by atoms with Gasteiger partial charge in [0.25, 0.3) is 0 Å². The summed E-state index contributed by atoms with van der Waals surface area (Å²) >= 11 is 0. The third-order valence-electron chi connectivity index (χ3n) is 1.91. The predicted octanol–water partition coefficient (Wildman–Crippen LogP) is 1.91. The Bertz CT molecular complexity index is 341. The molecule has 0 aliphatic rings. The number of alkyl halides is 3. The summed E-state index contributed by atoms with van der Waals surface area (Å²) in [4.78, 5) is 10.6. The van der Waals surface area contributed by atoms with Crippen molar-refractivity contribution < 1.29 is 18.0 Å². The minimum atomic E-state index is -4.51. The van der Waals surface area contributed by atoms with Crippen LogP contribution in [0.15, 0.2) is 6.20 Å². The zero-order valence-electron chi connectivity index (χ0n) is 7.64. The SMILES string of the molecule is CC(C)(C=O)c1cn[nH]c1C(F)(F)F. The lowest BCUT2D eigenvalue weighted by Gasteiger charge is -2.17. The highest BCUT2D eigenvalue weighted by atomic mass is 19.4. The van der Waals surface area contributed by atoms with E-state index < -0.39 is 17.3 Å². The summed E-state index contributed by atoms with van der Waals surface area (Å²) in [6.45, 7) is 2.81. The fourth-order valence-electron chi connectivity index (χ4n) is 1.05. The molecule has 1 aromatic heterocycles. The van der Waals surface area contributed by atoms with Crippen LogP contribution in [-0.4, -0.2) is 16.5 Å². The molecule has 1 rings (SSSR count). The highest BCUT2D eigenvalue weighted by molar-refractivity contribution is 5.67. The maximum atomic E-state index is 12.4. The molecule has 0 aliphatic heterocycles. The van der Waals surface area contributed by atoms with Gasteiger partial charge in [0.05, 0.1) is 6.20 Å². The second-order valence-electron chi connectivity index (χ2n) is 3.50. The highest BCUT2D eigenvalue weighted by Crippen LogP contribution is 2.34. The zero-order valence-corrected chi connectivity index (χ0v) is 7.64. The summed E-state index contributed by atoms with van der Waals surface area (Å²) < 4.78 is 37.1. The number of hydrogen-bond donors (Lipinski definition) is 1. The van der Waals surface area contributed by atoms with Crippen molar-refractivity contribution in [3.05, 3.63) is 17.5 Å². The standard InChI is InChI=1S/C8H9F3N2O/c1-7(2,4-14)5-3-12-13-6(5)8(9,10)11/h3-4H,1-2H3,(H,12,13). The van der Waals surface area contributed by atoms with Crippen molar-refractivity contribution in [3.8, 4) is 0 Å². The first-order valence-corrected chi connectivity index (χ1v) is 3.86. The first-order chi connectivity index (χ1) is 6.29. The van der Waals surface area contributed by atoms with Crippen molar-refractivity contribution in [2.45, 2.75) is 25.4 Å². The number of H-pyrrole nitrogens is 1. The van der Waals surface area contributed by atoms with Gasteiger partial charge >= 0.3 is 6.18 Å². The first-order valence-electron chi connectivity index (χ1n) is 3.86. The molecule has 0 bridgehead atoms. The lowest BCUT2D eigenvalue weighted by Crippen LogP contribution is -2.23. The van der Waals surface area contributed by atoms with Crippen LogP contribution in [0.3, 0.4) is 0 Å². The van der Waals surface area contributed by atoms with Gasteiger partial charge in [-0.15, -0.1) is 0 Å². The van der Waals surface area contributed by atoms with Crippen LogP contribution in [0.2, 0.25) is 0 Å². The highest BCUT2D eigenvalue weighted by Gasteiger charge is 2.39. The second kappa shape index (κ2) is 3.11. The minimum absolute atomic E-state index is 0.139. The molecule has 0 atom stereocenters. The normalized spacial score (nSPS) is 12.9. The Kier molecular flexibility index (Phi) is 2.39. The topological polar surface area (TPSA) is 45.8 Å². The van der Waals surface area contributed by atoms with Crippen LogP contribution in [0.1, 0.15) is 25.1 Å². The zero-order chi connectivity index (χ0) is 11.0. The van der Waals surface area contributed by atoms with Crippen molar-refractivity contribution >= 4 is 6.29 Å². The van der Waals surface area contributed by atoms with Crippen molar-refractivity contribution in [2.24, 2.45) is 0 Å². The van der Waals surface area contributed by atoms with Gasteiger partial charge in [-0.2, -0.15) is 18.3 Å². The molecule has 1 heterocycles. The van der Waals surface area contributed by atoms with Crippen molar-refractivity contribution in [1.29, 1.82) is 0 Å². The number of nitrogens with zero attached hydrogens (tertiary/aromatic N) is 1. The number of aromatic amines is 1. The van der Waals surface area contributed by atoms with E-state index in [0.717, 1.165) is 6.20 Å². The Labute approximate surface area is 78.3 Å². The average molecular weight is 206 g/mol. The quantitative estimate of drug-likeness (QED) is 0.751. The van der Waals surface area contributed by atoms with Gasteiger partial charge in [0.1, 0.15) is 12.0 Å². The molecular weight excluding hydrogens is 197 g/mol. The third-order valence-corrected chi connectivity index (χ3v) is 1.91. The first kappa shape index (κ1) is 10.7. The molecule has 3 nitrogen and oxygen atoms in total. The van der Waals surface area contributed by atoms with E-state index in [-0.39, 0.29) is 5.56 Å². The fourth-order valence-corrected chi connectivity index (χ4v) is 1.05. The molecule has 0 aromatic carbocycles. The molecule has 0 radical (unpaired) electrons. The van der Waals surface area contributed by atoms with E-state index in [4.69, 9.17) is 0 Å². The Morgan fingerprint density at radius 3 is 2.43 bits per heavy atom. The van der Waals surface area contributed by atoms with E-state index in [1.165, 1.54) is 13.8 Å². The largest absolute Gasteiger partial charge is 0.433 e. The maximum Gasteiger partial charge on any atom is 0.433 e. The smallest absolute Gasteiger partial charge is 0.302 e. The van der Waals surface area contributed by atoms with E-state index in [1.807, 2.05) is 5.10 Å². The fraction of sp³-hybridized carbons (Fsp3) is 0.500. The van der Waals surface area contributed by atoms with Gasteiger partial charge in [-0.25, -0.2) is 0 Å². The molecule has 0 saturated carbocycles. The molecular formula is C8H9F3N2O. The molecule has 1 N–H and O–H groups in total.